The minimum Gasteiger partial charge on any atom is -0.450 e. The molecule has 0 aromatic carbocycles. The predicted molar refractivity (Wildman–Crippen MR) is 36.1 cm³/mol. The first-order valence-corrected chi connectivity index (χ1v) is 3.97. The fourth-order valence-corrected chi connectivity index (χ4v) is 0.447. The van der Waals surface area contributed by atoms with Gasteiger partial charge in [-0.25, -0.2) is 4.79 Å². The molecule has 5 N–H and O–H groups in total. The molecule has 11 heavy (non-hydrogen) atoms. The van der Waals surface area contributed by atoms with E-state index in [1.165, 1.54) is 0 Å². The largest absolute Gasteiger partial charge is 0.503 e. The van der Waals surface area contributed by atoms with Crippen LogP contribution < -0.4 is 5.73 Å². The fraction of sp³-hybridized carbons (Fsp3) is 0.667. The Hall–Kier alpha value is -0.860. The first kappa shape index (κ1) is 12.8. The summed E-state index contributed by atoms with van der Waals surface area (Å²) in [6, 6.07) is 0. The molecule has 0 saturated carbocycles. The topological polar surface area (TPSA) is 138 Å². The van der Waals surface area contributed by atoms with Gasteiger partial charge < -0.3 is 15.9 Å². The summed E-state index contributed by atoms with van der Waals surface area (Å²) in [5.74, 6) is -0.354. The van der Waals surface area contributed by atoms with E-state index in [1.54, 1.807) is 0 Å². The van der Waals surface area contributed by atoms with Gasteiger partial charge in [0.05, 0.1) is 5.75 Å². The Bertz CT molecular complexity index is 192. The molecule has 0 atom stereocenters. The lowest BCUT2D eigenvalue weighted by Gasteiger charge is -1.86. The average molecular weight is 187 g/mol. The number of nitrogens with two attached hydrogens (primary N) is 1. The molecular weight excluding hydrogens is 178 g/mol. The summed E-state index contributed by atoms with van der Waals surface area (Å²) in [6.45, 7) is -0.0289. The van der Waals surface area contributed by atoms with Crippen molar-refractivity contribution in [3.63, 3.8) is 0 Å². The molecule has 0 fully saturated rings. The zero-order chi connectivity index (χ0) is 9.49. The van der Waals surface area contributed by atoms with E-state index < -0.39 is 16.3 Å². The highest BCUT2D eigenvalue weighted by atomic mass is 32.2. The van der Waals surface area contributed by atoms with Gasteiger partial charge >= 0.3 is 6.16 Å². The van der Waals surface area contributed by atoms with Crippen molar-refractivity contribution in [2.24, 2.45) is 5.73 Å². The maximum absolute atomic E-state index is 9.71. The van der Waals surface area contributed by atoms with Crippen LogP contribution in [0.25, 0.3) is 0 Å². The second-order valence-electron chi connectivity index (χ2n) is 1.36. The first-order chi connectivity index (χ1) is 4.79. The van der Waals surface area contributed by atoms with E-state index >= 15 is 0 Å². The van der Waals surface area contributed by atoms with Crippen LogP contribution in [0.2, 0.25) is 0 Å². The Morgan fingerprint density at radius 2 is 1.64 bits per heavy atom. The maximum Gasteiger partial charge on any atom is 0.503 e. The highest BCUT2D eigenvalue weighted by Crippen LogP contribution is 1.74. The van der Waals surface area contributed by atoms with Crippen LogP contribution in [0.5, 0.6) is 0 Å². The summed E-state index contributed by atoms with van der Waals surface area (Å²) >= 11 is 0. The summed E-state index contributed by atoms with van der Waals surface area (Å²) in [7, 11) is -3.80. The quantitative estimate of drug-likeness (QED) is 0.409. The van der Waals surface area contributed by atoms with Gasteiger partial charge in [0.2, 0.25) is 0 Å². The Labute approximate surface area is 63.2 Å². The molecule has 0 amide bonds. The van der Waals surface area contributed by atoms with E-state index in [-0.39, 0.29) is 12.3 Å². The van der Waals surface area contributed by atoms with Gasteiger partial charge in [0.15, 0.2) is 0 Å². The predicted octanol–water partition coefficient (Wildman–Crippen LogP) is -0.945. The lowest BCUT2D eigenvalue weighted by molar-refractivity contribution is 0.137. The Morgan fingerprint density at radius 1 is 1.36 bits per heavy atom. The molecule has 0 saturated heterocycles. The van der Waals surface area contributed by atoms with Crippen molar-refractivity contribution in [2.45, 2.75) is 0 Å². The molecule has 0 aliphatic rings. The molecule has 0 aliphatic heterocycles. The smallest absolute Gasteiger partial charge is 0.450 e. The molecule has 68 valence electrons. The number of hydrogen-bond donors (Lipinski definition) is 4. The monoisotopic (exact) mass is 187 g/mol. The Kier molecular flexibility index (Phi) is 6.85. The van der Waals surface area contributed by atoms with Crippen LogP contribution in [0.4, 0.5) is 4.79 Å². The third-order valence-corrected chi connectivity index (χ3v) is 1.13. The van der Waals surface area contributed by atoms with Gasteiger partial charge in [-0.3, -0.25) is 4.55 Å². The zero-order valence-corrected chi connectivity index (χ0v) is 6.28. The van der Waals surface area contributed by atoms with Crippen LogP contribution in [-0.4, -0.2) is 41.6 Å². The number of rotatable bonds is 2. The summed E-state index contributed by atoms with van der Waals surface area (Å²) in [6.07, 6.45) is -1.83. The second-order valence-corrected chi connectivity index (χ2v) is 2.93. The summed E-state index contributed by atoms with van der Waals surface area (Å²) in [4.78, 5) is 8.56. The van der Waals surface area contributed by atoms with Gasteiger partial charge in [0.1, 0.15) is 0 Å². The molecule has 0 spiro atoms. The van der Waals surface area contributed by atoms with E-state index in [0.29, 0.717) is 0 Å². The van der Waals surface area contributed by atoms with E-state index in [0.717, 1.165) is 0 Å². The maximum atomic E-state index is 9.71. The van der Waals surface area contributed by atoms with Gasteiger partial charge in [-0.2, -0.15) is 8.42 Å². The lowest BCUT2D eigenvalue weighted by atomic mass is 10.8. The van der Waals surface area contributed by atoms with Crippen LogP contribution in [0.1, 0.15) is 0 Å². The van der Waals surface area contributed by atoms with Crippen LogP contribution in [0.15, 0.2) is 0 Å². The lowest BCUT2D eigenvalue weighted by Crippen LogP contribution is -2.13. The molecule has 0 aliphatic carbocycles. The third-order valence-electron chi connectivity index (χ3n) is 0.376. The molecule has 7 nitrogen and oxygen atoms in total. The molecule has 0 radical (unpaired) electrons. The molecule has 0 heterocycles. The normalized spacial score (nSPS) is 9.64. The zero-order valence-electron chi connectivity index (χ0n) is 5.47. The van der Waals surface area contributed by atoms with Gasteiger partial charge in [0.25, 0.3) is 10.1 Å². The molecule has 0 unspecified atom stereocenters. The minimum atomic E-state index is -3.80. The molecule has 0 aromatic rings. The standard InChI is InChI=1S/C2H7NO3S.CH2O3/c3-1-2-7(4,5)6;2-1(3)4/h1-3H2,(H,4,5,6);(H2,2,3,4). The van der Waals surface area contributed by atoms with Crippen molar-refractivity contribution < 1.29 is 28.0 Å². The first-order valence-electron chi connectivity index (χ1n) is 2.36. The van der Waals surface area contributed by atoms with Gasteiger partial charge in [-0.05, 0) is 0 Å². The summed E-state index contributed by atoms with van der Waals surface area (Å²) in [5, 5.41) is 13.9. The molecule has 0 bridgehead atoms. The van der Waals surface area contributed by atoms with Crippen molar-refractivity contribution in [3.8, 4) is 0 Å². The molecule has 0 aromatic heterocycles. The highest BCUT2D eigenvalue weighted by molar-refractivity contribution is 7.85. The fourth-order valence-electron chi connectivity index (χ4n) is 0.149. The average Bonchev–Trinajstić information content (AvgIpc) is 1.58. The van der Waals surface area contributed by atoms with E-state index in [9.17, 15) is 8.42 Å². The Balaban J connectivity index is 0. The van der Waals surface area contributed by atoms with Crippen LogP contribution in [-0.2, 0) is 10.1 Å². The third kappa shape index (κ3) is 47.3. The van der Waals surface area contributed by atoms with E-state index in [2.05, 4.69) is 0 Å². The number of carbonyl (C=O) groups is 1. The van der Waals surface area contributed by atoms with Crippen LogP contribution in [0.3, 0.4) is 0 Å². The summed E-state index contributed by atoms with van der Waals surface area (Å²) in [5.41, 5.74) is 4.78. The van der Waals surface area contributed by atoms with Crippen LogP contribution in [0, 0.1) is 0 Å². The van der Waals surface area contributed by atoms with E-state index in [1.807, 2.05) is 0 Å². The highest BCUT2D eigenvalue weighted by Gasteiger charge is 1.98. The van der Waals surface area contributed by atoms with Gasteiger partial charge in [0, 0.05) is 6.54 Å². The molecule has 8 heteroatoms. The van der Waals surface area contributed by atoms with Crippen molar-refractivity contribution in [3.05, 3.63) is 0 Å². The Morgan fingerprint density at radius 3 is 1.64 bits per heavy atom. The SMILES string of the molecule is NCCS(=O)(=O)O.O=C(O)O. The second kappa shape index (κ2) is 5.89. The van der Waals surface area contributed by atoms with Gasteiger partial charge in [-0.15, -0.1) is 0 Å². The van der Waals surface area contributed by atoms with E-state index in [4.69, 9.17) is 25.3 Å². The summed E-state index contributed by atoms with van der Waals surface area (Å²) < 4.78 is 27.3. The molecule has 0 rings (SSSR count). The van der Waals surface area contributed by atoms with Crippen molar-refractivity contribution >= 4 is 16.3 Å². The van der Waals surface area contributed by atoms with Crippen molar-refractivity contribution in [2.75, 3.05) is 12.3 Å². The number of hydrogen-bond acceptors (Lipinski definition) is 4. The van der Waals surface area contributed by atoms with Gasteiger partial charge in [-0.1, -0.05) is 0 Å². The van der Waals surface area contributed by atoms with Crippen molar-refractivity contribution in [1.29, 1.82) is 0 Å². The van der Waals surface area contributed by atoms with Crippen molar-refractivity contribution in [1.82, 2.24) is 0 Å². The van der Waals surface area contributed by atoms with Crippen LogP contribution >= 0.6 is 0 Å². The number of carboxylic acid groups (broad SMARTS) is 2. The molecular formula is C3H9NO6S. The minimum absolute atomic E-state index is 0.0289.